The molecule has 2 aliphatic rings. The Morgan fingerprint density at radius 1 is 0.273 bits per heavy atom. The number of rotatable bonds is 0. The quantitative estimate of drug-likeness (QED) is 0.584. The minimum absolute atomic E-state index is 0. The van der Waals surface area contributed by atoms with Crippen LogP contribution < -0.4 is 0 Å². The Labute approximate surface area is 90.3 Å². The third-order valence-corrected chi connectivity index (χ3v) is 1.11. The fourth-order valence-corrected chi connectivity index (χ4v) is 0.642. The average Bonchev–Trinajstić information content (AvgIpc) is 2.67. The molecule has 0 unspecified atom stereocenters. The molecule has 2 saturated carbocycles. The van der Waals surface area contributed by atoms with Gasteiger partial charge in [-0.1, -0.05) is 0 Å². The molecule has 2 aliphatic carbocycles. The summed E-state index contributed by atoms with van der Waals surface area (Å²) in [5.74, 6) is 0. The second kappa shape index (κ2) is 8.98. The topological polar surface area (TPSA) is 0 Å². The Morgan fingerprint density at radius 2 is 0.364 bits per heavy atom. The molecular weight excluding hydrogens is 211 g/mol. The van der Waals surface area contributed by atoms with Crippen molar-refractivity contribution in [2.45, 2.75) is 0 Å². The maximum atomic E-state index is 2.00. The Kier molecular flexibility index (Phi) is 9.70. The molecule has 0 aliphatic heterocycles. The second-order valence-corrected chi connectivity index (χ2v) is 1.92. The van der Waals surface area contributed by atoms with E-state index in [2.05, 4.69) is 0 Å². The Bertz CT molecular complexity index is 38.1. The molecule has 0 heterocycles. The molecule has 2 fully saturated rings. The molecule has 0 aromatic heterocycles. The molecule has 0 amide bonds. The average molecular weight is 223 g/mol. The summed E-state index contributed by atoms with van der Waals surface area (Å²) in [5, 5.41) is 0. The van der Waals surface area contributed by atoms with E-state index in [9.17, 15) is 0 Å². The predicted octanol–water partition coefficient (Wildman–Crippen LogP) is 1.50. The first-order valence-corrected chi connectivity index (χ1v) is 3.33. The summed E-state index contributed by atoms with van der Waals surface area (Å²) in [7, 11) is 0. The fourth-order valence-electron chi connectivity index (χ4n) is 0.642. The Hall–Kier alpha value is 0.883. The van der Waals surface area contributed by atoms with Crippen LogP contribution in [0.5, 0.6) is 0 Å². The molecule has 2 rings (SSSR count). The number of hydrogen-bond donors (Lipinski definition) is 0. The van der Waals surface area contributed by atoms with Gasteiger partial charge in [-0.25, -0.2) is 0 Å². The number of hydrogen-bond acceptors (Lipinski definition) is 0. The van der Waals surface area contributed by atoms with E-state index in [1.54, 1.807) is 0 Å². The first kappa shape index (κ1) is 11.9. The van der Waals surface area contributed by atoms with Crippen LogP contribution in [0.15, 0.2) is 0 Å². The third kappa shape index (κ3) is 7.25. The molecule has 0 bridgehead atoms. The molecule has 0 aromatic carbocycles. The van der Waals surface area contributed by atoms with Gasteiger partial charge in [0.1, 0.15) is 0 Å². The van der Waals surface area contributed by atoms with Crippen LogP contribution in [-0.2, 0) is 26.2 Å². The predicted molar refractivity (Wildman–Crippen MR) is 45.8 cm³/mol. The first-order valence-electron chi connectivity index (χ1n) is 3.33. The van der Waals surface area contributed by atoms with Gasteiger partial charge in [0.15, 0.2) is 0 Å². The van der Waals surface area contributed by atoms with Crippen molar-refractivity contribution in [3.63, 3.8) is 0 Å². The summed E-state index contributed by atoms with van der Waals surface area (Å²) in [6.07, 6.45) is 20.0. The van der Waals surface area contributed by atoms with Crippen LogP contribution in [0.25, 0.3) is 0 Å². The molecule has 0 nitrogen and oxygen atoms in total. The van der Waals surface area contributed by atoms with Crippen molar-refractivity contribution in [1.82, 2.24) is 0 Å². The Morgan fingerprint density at radius 3 is 0.455 bits per heavy atom. The molecule has 10 radical (unpaired) electrons. The summed E-state index contributed by atoms with van der Waals surface area (Å²) in [4.78, 5) is 0. The van der Waals surface area contributed by atoms with Crippen LogP contribution in [0.1, 0.15) is 0 Å². The maximum absolute atomic E-state index is 2.00. The van der Waals surface area contributed by atoms with Crippen LogP contribution in [0, 0.1) is 64.2 Å². The van der Waals surface area contributed by atoms with Gasteiger partial charge in [0, 0.05) is 0 Å². The molecule has 0 atom stereocenters. The van der Waals surface area contributed by atoms with Gasteiger partial charge in [0.05, 0.1) is 0 Å². The van der Waals surface area contributed by atoms with Gasteiger partial charge in [0.2, 0.25) is 0 Å². The summed E-state index contributed by atoms with van der Waals surface area (Å²) in [6.45, 7) is 0. The van der Waals surface area contributed by atoms with E-state index < -0.39 is 0 Å². The van der Waals surface area contributed by atoms with Gasteiger partial charge >= 0.3 is 26.2 Å². The van der Waals surface area contributed by atoms with Crippen molar-refractivity contribution in [2.75, 3.05) is 0 Å². The molecule has 11 heavy (non-hydrogen) atoms. The second-order valence-electron chi connectivity index (χ2n) is 1.92. The van der Waals surface area contributed by atoms with Crippen molar-refractivity contribution in [2.24, 2.45) is 0 Å². The third-order valence-electron chi connectivity index (χ3n) is 1.11. The van der Waals surface area contributed by atoms with Crippen LogP contribution in [-0.4, -0.2) is 0 Å². The van der Waals surface area contributed by atoms with Gasteiger partial charge in [-0.3, -0.25) is 0 Å². The van der Waals surface area contributed by atoms with Gasteiger partial charge < -0.3 is 0 Å². The minimum atomic E-state index is 0. The van der Waals surface area contributed by atoms with E-state index in [-0.39, 0.29) is 26.2 Å². The van der Waals surface area contributed by atoms with Gasteiger partial charge in [-0.05, 0) is 64.2 Å². The summed E-state index contributed by atoms with van der Waals surface area (Å²) in [5.41, 5.74) is 0. The van der Waals surface area contributed by atoms with Gasteiger partial charge in [-0.15, -0.1) is 0 Å². The zero-order valence-corrected chi connectivity index (χ0v) is 9.96. The van der Waals surface area contributed by atoms with E-state index in [0.717, 1.165) is 0 Å². The zero-order valence-electron chi connectivity index (χ0n) is 6.48. The Balaban J connectivity index is 0.000000167. The van der Waals surface area contributed by atoms with Crippen LogP contribution in [0.3, 0.4) is 0 Å². The van der Waals surface area contributed by atoms with Crippen LogP contribution in [0.2, 0.25) is 0 Å². The van der Waals surface area contributed by atoms with Crippen molar-refractivity contribution in [3.05, 3.63) is 64.2 Å². The molecule has 0 N–H and O–H groups in total. The SMILES string of the molecule is [CH]1[CH][CH][CH][CH]1.[CH]1[CH][CH][CH][CH]1.[ZrH2]. The summed E-state index contributed by atoms with van der Waals surface area (Å²) < 4.78 is 0. The fraction of sp³-hybridized carbons (Fsp3) is 0. The van der Waals surface area contributed by atoms with E-state index in [0.29, 0.717) is 0 Å². The summed E-state index contributed by atoms with van der Waals surface area (Å²) in [6, 6.07) is 0. The summed E-state index contributed by atoms with van der Waals surface area (Å²) >= 11 is 0. The van der Waals surface area contributed by atoms with Crippen LogP contribution in [0.4, 0.5) is 0 Å². The monoisotopic (exact) mass is 222 g/mol. The van der Waals surface area contributed by atoms with E-state index in [4.69, 9.17) is 0 Å². The van der Waals surface area contributed by atoms with Crippen molar-refractivity contribution < 1.29 is 26.2 Å². The normalized spacial score (nSPS) is 21.8. The first-order chi connectivity index (χ1) is 5.00. The van der Waals surface area contributed by atoms with Crippen molar-refractivity contribution >= 4 is 0 Å². The van der Waals surface area contributed by atoms with Gasteiger partial charge in [0.25, 0.3) is 0 Å². The molecule has 1 heteroatoms. The van der Waals surface area contributed by atoms with E-state index in [1.807, 2.05) is 64.2 Å². The van der Waals surface area contributed by atoms with E-state index >= 15 is 0 Å². The molecular formula is C10H12Zr. The van der Waals surface area contributed by atoms with Crippen molar-refractivity contribution in [3.8, 4) is 0 Å². The van der Waals surface area contributed by atoms with Crippen LogP contribution >= 0.6 is 0 Å². The van der Waals surface area contributed by atoms with Crippen molar-refractivity contribution in [1.29, 1.82) is 0 Å². The molecule has 0 saturated heterocycles. The molecule has 56 valence electrons. The molecule has 0 spiro atoms. The molecule has 0 aromatic rings. The van der Waals surface area contributed by atoms with E-state index in [1.165, 1.54) is 0 Å². The van der Waals surface area contributed by atoms with Gasteiger partial charge in [-0.2, -0.15) is 0 Å². The zero-order chi connectivity index (χ0) is 7.07. The standard InChI is InChI=1S/2C5H5.Zr.2H/c2*1-2-4-5-3-1;;;/h2*1-5H;;;.